The van der Waals surface area contributed by atoms with Crippen LogP contribution in [0.2, 0.25) is 0 Å². The van der Waals surface area contributed by atoms with Crippen LogP contribution in [0.3, 0.4) is 0 Å². The van der Waals surface area contributed by atoms with Crippen molar-refractivity contribution >= 4 is 16.0 Å². The number of methoxy groups -OCH3 is 1. The number of hydrogen-bond acceptors (Lipinski definition) is 4. The van der Waals surface area contributed by atoms with E-state index < -0.39 is 10.0 Å². The molecule has 0 bridgehead atoms. The third-order valence-electron chi connectivity index (χ3n) is 5.42. The highest BCUT2D eigenvalue weighted by molar-refractivity contribution is 7.89. The molecule has 164 valence electrons. The van der Waals surface area contributed by atoms with E-state index in [9.17, 15) is 8.42 Å². The largest absolute Gasteiger partial charge is 0.385 e. The van der Waals surface area contributed by atoms with Gasteiger partial charge in [-0.1, -0.05) is 43.2 Å². The zero-order valence-electron chi connectivity index (χ0n) is 17.7. The van der Waals surface area contributed by atoms with Crippen LogP contribution in [0.15, 0.2) is 35.3 Å². The molecule has 0 amide bonds. The summed E-state index contributed by atoms with van der Waals surface area (Å²) in [6, 6.07) is 9.51. The van der Waals surface area contributed by atoms with Crippen molar-refractivity contribution in [3.63, 3.8) is 0 Å². The van der Waals surface area contributed by atoms with Gasteiger partial charge in [-0.15, -0.1) is 0 Å². The van der Waals surface area contributed by atoms with E-state index in [1.54, 1.807) is 7.11 Å². The molecule has 0 aromatic heterocycles. The maximum atomic E-state index is 12.3. The molecule has 0 saturated heterocycles. The normalized spacial score (nSPS) is 16.7. The number of aliphatic imine (C=N–C) groups is 1. The van der Waals surface area contributed by atoms with Crippen LogP contribution >= 0.6 is 0 Å². The summed E-state index contributed by atoms with van der Waals surface area (Å²) in [6.45, 7) is 4.84. The second kappa shape index (κ2) is 12.1. The lowest BCUT2D eigenvalue weighted by Crippen LogP contribution is -2.41. The summed E-state index contributed by atoms with van der Waals surface area (Å²) in [6.07, 6.45) is 5.86. The Hall–Kier alpha value is -1.64. The standard InChI is InChI=1S/C21H36N4O3S/c1-3-22-20(24-18-21(13-15-28-2)11-7-8-12-21)23-14-16-29(26,27)25-17-19-9-5-4-6-10-19/h4-6,9-10,25H,3,7-8,11-18H2,1-2H3,(H2,22,23,24). The number of nitrogens with one attached hydrogen (secondary N) is 3. The number of nitrogens with zero attached hydrogens (tertiary/aromatic N) is 1. The number of guanidine groups is 1. The molecule has 3 N–H and O–H groups in total. The van der Waals surface area contributed by atoms with Crippen LogP contribution in [0.1, 0.15) is 44.6 Å². The summed E-state index contributed by atoms with van der Waals surface area (Å²) in [7, 11) is -1.62. The zero-order chi connectivity index (χ0) is 21.0. The van der Waals surface area contributed by atoms with E-state index >= 15 is 0 Å². The highest BCUT2D eigenvalue weighted by Crippen LogP contribution is 2.41. The maximum Gasteiger partial charge on any atom is 0.213 e. The number of rotatable bonds is 12. The van der Waals surface area contributed by atoms with Gasteiger partial charge < -0.3 is 15.4 Å². The van der Waals surface area contributed by atoms with E-state index in [0.717, 1.165) is 31.7 Å². The van der Waals surface area contributed by atoms with Gasteiger partial charge in [0.15, 0.2) is 5.96 Å². The summed E-state index contributed by atoms with van der Waals surface area (Å²) in [5, 5.41) is 6.38. The molecule has 1 aromatic carbocycles. The van der Waals surface area contributed by atoms with Crippen molar-refractivity contribution in [2.24, 2.45) is 10.4 Å². The summed E-state index contributed by atoms with van der Waals surface area (Å²) >= 11 is 0. The van der Waals surface area contributed by atoms with Crippen LogP contribution in [-0.4, -0.2) is 53.5 Å². The number of benzene rings is 1. The van der Waals surface area contributed by atoms with Crippen molar-refractivity contribution in [1.29, 1.82) is 0 Å². The molecule has 1 aliphatic rings. The Morgan fingerprint density at radius 3 is 2.55 bits per heavy atom. The molecule has 0 radical (unpaired) electrons. The molecular weight excluding hydrogens is 388 g/mol. The fraction of sp³-hybridized carbons (Fsp3) is 0.667. The highest BCUT2D eigenvalue weighted by Gasteiger charge is 2.33. The van der Waals surface area contributed by atoms with Gasteiger partial charge in [0, 0.05) is 39.9 Å². The van der Waals surface area contributed by atoms with E-state index in [1.807, 2.05) is 37.3 Å². The van der Waals surface area contributed by atoms with E-state index in [1.165, 1.54) is 25.7 Å². The van der Waals surface area contributed by atoms with Gasteiger partial charge in [-0.3, -0.25) is 4.99 Å². The molecule has 29 heavy (non-hydrogen) atoms. The Bertz CT molecular complexity index is 717. The third-order valence-corrected chi connectivity index (χ3v) is 6.75. The van der Waals surface area contributed by atoms with Gasteiger partial charge in [-0.05, 0) is 37.2 Å². The van der Waals surface area contributed by atoms with Crippen LogP contribution in [0.5, 0.6) is 0 Å². The van der Waals surface area contributed by atoms with Crippen molar-refractivity contribution in [2.45, 2.75) is 45.6 Å². The first kappa shape index (κ1) is 23.6. The summed E-state index contributed by atoms with van der Waals surface area (Å²) in [4.78, 5) is 4.76. The smallest absolute Gasteiger partial charge is 0.213 e. The van der Waals surface area contributed by atoms with Gasteiger partial charge in [0.1, 0.15) is 0 Å². The molecular formula is C21H36N4O3S. The fourth-order valence-electron chi connectivity index (χ4n) is 3.68. The van der Waals surface area contributed by atoms with Gasteiger partial charge in [0.05, 0.1) is 5.75 Å². The van der Waals surface area contributed by atoms with Gasteiger partial charge in [0.25, 0.3) is 0 Å². The quantitative estimate of drug-likeness (QED) is 0.354. The lowest BCUT2D eigenvalue weighted by molar-refractivity contribution is 0.141. The predicted octanol–water partition coefficient (Wildman–Crippen LogP) is 2.26. The molecule has 1 aromatic rings. The van der Waals surface area contributed by atoms with Crippen LogP contribution in [0, 0.1) is 5.41 Å². The first-order valence-corrected chi connectivity index (χ1v) is 12.2. The van der Waals surface area contributed by atoms with Crippen LogP contribution in [-0.2, 0) is 21.3 Å². The topological polar surface area (TPSA) is 91.8 Å². The molecule has 1 fully saturated rings. The minimum Gasteiger partial charge on any atom is -0.385 e. The van der Waals surface area contributed by atoms with Crippen LogP contribution in [0.4, 0.5) is 0 Å². The average molecular weight is 425 g/mol. The monoisotopic (exact) mass is 424 g/mol. The van der Waals surface area contributed by atoms with Gasteiger partial charge in [0.2, 0.25) is 10.0 Å². The van der Waals surface area contributed by atoms with Crippen LogP contribution in [0.25, 0.3) is 0 Å². The van der Waals surface area contributed by atoms with Crippen molar-refractivity contribution in [1.82, 2.24) is 15.4 Å². The molecule has 7 nitrogen and oxygen atoms in total. The lowest BCUT2D eigenvalue weighted by atomic mass is 9.83. The first-order chi connectivity index (χ1) is 14.0. The second-order valence-electron chi connectivity index (χ2n) is 7.70. The molecule has 0 spiro atoms. The van der Waals surface area contributed by atoms with E-state index in [-0.39, 0.29) is 11.2 Å². The predicted molar refractivity (Wildman–Crippen MR) is 118 cm³/mol. The van der Waals surface area contributed by atoms with Gasteiger partial charge in [-0.2, -0.15) is 0 Å². The van der Waals surface area contributed by atoms with Gasteiger partial charge >= 0.3 is 0 Å². The summed E-state index contributed by atoms with van der Waals surface area (Å²) in [5.74, 6) is 0.674. The Labute approximate surface area is 175 Å². The average Bonchev–Trinajstić information content (AvgIpc) is 3.19. The van der Waals surface area contributed by atoms with Crippen molar-refractivity contribution in [2.75, 3.05) is 39.1 Å². The minimum absolute atomic E-state index is 0.000927. The van der Waals surface area contributed by atoms with Crippen LogP contribution < -0.4 is 15.4 Å². The molecule has 0 unspecified atom stereocenters. The SMILES string of the molecule is CCNC(=NCC1(CCOC)CCCC1)NCCS(=O)(=O)NCc1ccccc1. The Morgan fingerprint density at radius 1 is 1.17 bits per heavy atom. The fourth-order valence-corrected chi connectivity index (χ4v) is 4.59. The number of sulfonamides is 1. The first-order valence-electron chi connectivity index (χ1n) is 10.5. The Kier molecular flexibility index (Phi) is 9.90. The van der Waals surface area contributed by atoms with E-state index in [0.29, 0.717) is 19.0 Å². The number of ether oxygens (including phenoxy) is 1. The zero-order valence-corrected chi connectivity index (χ0v) is 18.6. The summed E-state index contributed by atoms with van der Waals surface area (Å²) < 4.78 is 32.4. The molecule has 8 heteroatoms. The summed E-state index contributed by atoms with van der Waals surface area (Å²) in [5.41, 5.74) is 1.15. The van der Waals surface area contributed by atoms with E-state index in [4.69, 9.17) is 9.73 Å². The molecule has 1 saturated carbocycles. The molecule has 0 heterocycles. The van der Waals surface area contributed by atoms with Crippen molar-refractivity contribution in [3.8, 4) is 0 Å². The maximum absolute atomic E-state index is 12.3. The Morgan fingerprint density at radius 2 is 1.90 bits per heavy atom. The van der Waals surface area contributed by atoms with Gasteiger partial charge in [-0.25, -0.2) is 13.1 Å². The molecule has 0 aliphatic heterocycles. The lowest BCUT2D eigenvalue weighted by Gasteiger charge is -2.27. The molecule has 1 aliphatic carbocycles. The molecule has 0 atom stereocenters. The minimum atomic E-state index is -3.36. The van der Waals surface area contributed by atoms with E-state index in [2.05, 4.69) is 15.4 Å². The third kappa shape index (κ3) is 8.72. The highest BCUT2D eigenvalue weighted by atomic mass is 32.2. The van der Waals surface area contributed by atoms with Crippen molar-refractivity contribution < 1.29 is 13.2 Å². The second-order valence-corrected chi connectivity index (χ2v) is 9.62. The Balaban J connectivity index is 1.83. The molecule has 2 rings (SSSR count). The van der Waals surface area contributed by atoms with Crippen molar-refractivity contribution in [3.05, 3.63) is 35.9 Å². The number of hydrogen-bond donors (Lipinski definition) is 3.